The first-order chi connectivity index (χ1) is 9.95. The second-order valence-corrected chi connectivity index (χ2v) is 5.58. The van der Waals surface area contributed by atoms with Crippen LogP contribution in [0.15, 0.2) is 30.6 Å². The van der Waals surface area contributed by atoms with Gasteiger partial charge in [0.15, 0.2) is 5.82 Å². The molecule has 0 aliphatic heterocycles. The van der Waals surface area contributed by atoms with Crippen LogP contribution in [-0.2, 0) is 5.41 Å². The molecule has 0 atom stereocenters. The van der Waals surface area contributed by atoms with Gasteiger partial charge in [0.2, 0.25) is 5.75 Å². The first-order valence-electron chi connectivity index (χ1n) is 6.59. The minimum Gasteiger partial charge on any atom is -0.489 e. The van der Waals surface area contributed by atoms with Crippen molar-refractivity contribution in [1.82, 2.24) is 9.97 Å². The summed E-state index contributed by atoms with van der Waals surface area (Å²) in [6, 6.07) is 7.87. The predicted octanol–water partition coefficient (Wildman–Crippen LogP) is 2.86. The van der Waals surface area contributed by atoms with Crippen molar-refractivity contribution in [3.63, 3.8) is 0 Å². The second-order valence-electron chi connectivity index (χ2n) is 5.58. The topological polar surface area (TPSA) is 82.3 Å². The molecule has 2 rings (SSSR count). The van der Waals surface area contributed by atoms with Gasteiger partial charge in [-0.15, -0.1) is 0 Å². The van der Waals surface area contributed by atoms with Crippen LogP contribution < -0.4 is 20.7 Å². The first-order valence-corrected chi connectivity index (χ1v) is 6.59. The molecule has 0 amide bonds. The Balaban J connectivity index is 2.35. The molecule has 0 bridgehead atoms. The highest BCUT2D eigenvalue weighted by Gasteiger charge is 2.16. The molecule has 0 saturated carbocycles. The van der Waals surface area contributed by atoms with Gasteiger partial charge in [-0.25, -0.2) is 10.8 Å². The molecule has 0 aliphatic carbocycles. The van der Waals surface area contributed by atoms with E-state index in [0.29, 0.717) is 23.2 Å². The number of nitrogens with two attached hydrogens (primary N) is 1. The van der Waals surface area contributed by atoms with Gasteiger partial charge >= 0.3 is 0 Å². The molecule has 1 aromatic carbocycles. The number of hydrazine groups is 1. The lowest BCUT2D eigenvalue weighted by atomic mass is 9.87. The summed E-state index contributed by atoms with van der Waals surface area (Å²) in [5.41, 5.74) is 3.66. The number of nitrogen functional groups attached to an aromatic ring is 1. The number of aromatic nitrogens is 2. The van der Waals surface area contributed by atoms with Crippen LogP contribution in [0, 0.1) is 0 Å². The molecule has 3 N–H and O–H groups in total. The maximum absolute atomic E-state index is 5.81. The molecular weight excluding hydrogens is 268 g/mol. The zero-order chi connectivity index (χ0) is 15.5. The monoisotopic (exact) mass is 288 g/mol. The summed E-state index contributed by atoms with van der Waals surface area (Å²) in [6.07, 6.45) is 1.36. The van der Waals surface area contributed by atoms with Gasteiger partial charge in [0.25, 0.3) is 5.88 Å². The average molecular weight is 288 g/mol. The van der Waals surface area contributed by atoms with Crippen LogP contribution in [0.1, 0.15) is 26.3 Å². The number of anilines is 1. The van der Waals surface area contributed by atoms with E-state index in [1.807, 2.05) is 18.2 Å². The number of benzene rings is 1. The van der Waals surface area contributed by atoms with E-state index in [-0.39, 0.29) is 5.41 Å². The van der Waals surface area contributed by atoms with Crippen molar-refractivity contribution in [2.75, 3.05) is 12.5 Å². The third kappa shape index (κ3) is 3.41. The summed E-state index contributed by atoms with van der Waals surface area (Å²) in [5, 5.41) is 0. The summed E-state index contributed by atoms with van der Waals surface area (Å²) in [6.45, 7) is 6.44. The van der Waals surface area contributed by atoms with Crippen molar-refractivity contribution in [2.24, 2.45) is 5.84 Å². The number of nitrogens with zero attached hydrogens (tertiary/aromatic N) is 2. The van der Waals surface area contributed by atoms with E-state index in [2.05, 4.69) is 42.2 Å². The van der Waals surface area contributed by atoms with E-state index in [0.717, 1.165) is 0 Å². The van der Waals surface area contributed by atoms with Gasteiger partial charge in [0, 0.05) is 0 Å². The van der Waals surface area contributed by atoms with E-state index in [9.17, 15) is 0 Å². The quantitative estimate of drug-likeness (QED) is 0.665. The Labute approximate surface area is 124 Å². The van der Waals surface area contributed by atoms with Crippen LogP contribution >= 0.6 is 0 Å². The summed E-state index contributed by atoms with van der Waals surface area (Å²) in [4.78, 5) is 8.07. The van der Waals surface area contributed by atoms with Gasteiger partial charge in [-0.3, -0.25) is 0 Å². The highest BCUT2D eigenvalue weighted by molar-refractivity contribution is 5.55. The van der Waals surface area contributed by atoms with Crippen LogP contribution in [0.2, 0.25) is 0 Å². The number of hydrogen-bond donors (Lipinski definition) is 2. The summed E-state index contributed by atoms with van der Waals surface area (Å²) < 4.78 is 11.1. The minimum atomic E-state index is 0.0408. The SMILES string of the molecule is COc1c(NN)ncnc1Oc1cccc(C(C)(C)C)c1. The largest absolute Gasteiger partial charge is 0.489 e. The van der Waals surface area contributed by atoms with Gasteiger partial charge in [-0.1, -0.05) is 32.9 Å². The van der Waals surface area contributed by atoms with E-state index in [1.165, 1.54) is 19.0 Å². The Morgan fingerprint density at radius 3 is 2.57 bits per heavy atom. The summed E-state index contributed by atoms with van der Waals surface area (Å²) in [7, 11) is 1.51. The van der Waals surface area contributed by atoms with Crippen molar-refractivity contribution < 1.29 is 9.47 Å². The number of rotatable bonds is 4. The molecule has 6 heteroatoms. The minimum absolute atomic E-state index is 0.0408. The molecule has 1 heterocycles. The van der Waals surface area contributed by atoms with E-state index in [1.54, 1.807) is 0 Å². The lowest BCUT2D eigenvalue weighted by Crippen LogP contribution is -2.11. The van der Waals surface area contributed by atoms with E-state index in [4.69, 9.17) is 15.3 Å². The van der Waals surface area contributed by atoms with Crippen LogP contribution in [0.5, 0.6) is 17.4 Å². The standard InChI is InChI=1S/C15H20N4O2/c1-15(2,3)10-6-5-7-11(8-10)21-14-12(20-4)13(19-16)17-9-18-14/h5-9H,16H2,1-4H3,(H,17,18,19). The van der Waals surface area contributed by atoms with Crippen molar-refractivity contribution in [3.05, 3.63) is 36.2 Å². The number of ether oxygens (including phenoxy) is 2. The van der Waals surface area contributed by atoms with Crippen LogP contribution in [0.3, 0.4) is 0 Å². The van der Waals surface area contributed by atoms with Crippen molar-refractivity contribution in [3.8, 4) is 17.4 Å². The van der Waals surface area contributed by atoms with Gasteiger partial charge in [-0.05, 0) is 23.1 Å². The lowest BCUT2D eigenvalue weighted by molar-refractivity contribution is 0.368. The summed E-state index contributed by atoms with van der Waals surface area (Å²) >= 11 is 0. The molecular formula is C15H20N4O2. The van der Waals surface area contributed by atoms with Gasteiger partial charge in [0.1, 0.15) is 12.1 Å². The van der Waals surface area contributed by atoms with Crippen LogP contribution in [0.25, 0.3) is 0 Å². The highest BCUT2D eigenvalue weighted by Crippen LogP contribution is 2.34. The molecule has 112 valence electrons. The maximum Gasteiger partial charge on any atom is 0.268 e. The molecule has 0 spiro atoms. The number of hydrogen-bond acceptors (Lipinski definition) is 6. The average Bonchev–Trinajstić information content (AvgIpc) is 2.46. The van der Waals surface area contributed by atoms with Gasteiger partial charge in [0.05, 0.1) is 7.11 Å². The third-order valence-corrected chi connectivity index (χ3v) is 3.03. The molecule has 0 fully saturated rings. The summed E-state index contributed by atoms with van der Waals surface area (Å²) in [5.74, 6) is 7.12. The number of methoxy groups -OCH3 is 1. The normalized spacial score (nSPS) is 11.1. The zero-order valence-electron chi connectivity index (χ0n) is 12.7. The number of nitrogens with one attached hydrogen (secondary N) is 1. The molecule has 0 aliphatic rings. The molecule has 1 aromatic heterocycles. The molecule has 21 heavy (non-hydrogen) atoms. The molecule has 2 aromatic rings. The van der Waals surface area contributed by atoms with E-state index < -0.39 is 0 Å². The lowest BCUT2D eigenvalue weighted by Gasteiger charge is -2.20. The van der Waals surface area contributed by atoms with E-state index >= 15 is 0 Å². The molecule has 6 nitrogen and oxygen atoms in total. The van der Waals surface area contributed by atoms with Gasteiger partial charge in [-0.2, -0.15) is 4.98 Å². The van der Waals surface area contributed by atoms with Crippen molar-refractivity contribution in [1.29, 1.82) is 0 Å². The third-order valence-electron chi connectivity index (χ3n) is 3.03. The Morgan fingerprint density at radius 1 is 1.19 bits per heavy atom. The van der Waals surface area contributed by atoms with Crippen molar-refractivity contribution in [2.45, 2.75) is 26.2 Å². The Kier molecular flexibility index (Phi) is 4.28. The molecule has 0 radical (unpaired) electrons. The first kappa shape index (κ1) is 15.1. The smallest absolute Gasteiger partial charge is 0.268 e. The molecule has 0 unspecified atom stereocenters. The Morgan fingerprint density at radius 2 is 1.95 bits per heavy atom. The molecule has 0 saturated heterocycles. The fraction of sp³-hybridized carbons (Fsp3) is 0.333. The van der Waals surface area contributed by atoms with Crippen LogP contribution in [0.4, 0.5) is 5.82 Å². The highest BCUT2D eigenvalue weighted by atomic mass is 16.5. The Bertz CT molecular complexity index is 623. The Hall–Kier alpha value is -2.34. The zero-order valence-corrected chi connectivity index (χ0v) is 12.7. The van der Waals surface area contributed by atoms with Gasteiger partial charge < -0.3 is 14.9 Å². The fourth-order valence-electron chi connectivity index (χ4n) is 1.85. The second kappa shape index (κ2) is 5.97. The fourth-order valence-corrected chi connectivity index (χ4v) is 1.85. The van der Waals surface area contributed by atoms with Crippen molar-refractivity contribution >= 4 is 5.82 Å². The van der Waals surface area contributed by atoms with Crippen LogP contribution in [-0.4, -0.2) is 17.1 Å². The predicted molar refractivity (Wildman–Crippen MR) is 81.6 cm³/mol. The maximum atomic E-state index is 5.81.